The maximum atomic E-state index is 11.7. The van der Waals surface area contributed by atoms with Gasteiger partial charge in [-0.1, -0.05) is 13.8 Å². The van der Waals surface area contributed by atoms with Crippen LogP contribution in [0.4, 0.5) is 4.79 Å². The molecule has 0 aromatic rings. The molecule has 1 unspecified atom stereocenters. The van der Waals surface area contributed by atoms with Crippen LogP contribution in [-0.4, -0.2) is 37.1 Å². The van der Waals surface area contributed by atoms with Crippen molar-refractivity contribution < 1.29 is 23.9 Å². The van der Waals surface area contributed by atoms with Crippen LogP contribution in [0.5, 0.6) is 0 Å². The Hall–Kier alpha value is -1.59. The first kappa shape index (κ1) is 17.4. The summed E-state index contributed by atoms with van der Waals surface area (Å²) in [5.74, 6) is -0.613. The largest absolute Gasteiger partial charge is 0.467 e. The Morgan fingerprint density at radius 2 is 1.74 bits per heavy atom. The van der Waals surface area contributed by atoms with Crippen LogP contribution in [0.25, 0.3) is 0 Å². The minimum absolute atomic E-state index is 0.114. The molecule has 6 nitrogen and oxygen atoms in total. The van der Waals surface area contributed by atoms with E-state index in [9.17, 15) is 14.4 Å². The van der Waals surface area contributed by atoms with E-state index in [0.29, 0.717) is 6.29 Å². The Kier molecular flexibility index (Phi) is 5.99. The zero-order valence-corrected chi connectivity index (χ0v) is 12.4. The average Bonchev–Trinajstić information content (AvgIpc) is 2.22. The second kappa shape index (κ2) is 6.54. The molecule has 110 valence electrons. The minimum Gasteiger partial charge on any atom is -0.467 e. The van der Waals surface area contributed by atoms with Gasteiger partial charge in [-0.05, 0) is 20.8 Å². The fraction of sp³-hybridized carbons (Fsp3) is 0.769. The van der Waals surface area contributed by atoms with Gasteiger partial charge in [-0.2, -0.15) is 0 Å². The summed E-state index contributed by atoms with van der Waals surface area (Å²) >= 11 is 0. The zero-order valence-electron chi connectivity index (χ0n) is 12.4. The molecule has 0 saturated heterocycles. The number of rotatable bonds is 5. The third-order valence-electron chi connectivity index (χ3n) is 2.49. The van der Waals surface area contributed by atoms with Crippen molar-refractivity contribution in [2.45, 2.75) is 52.7 Å². The standard InChI is InChI=1S/C13H23NO5/c1-12(2,3)19-11(17)14-9(10(16)18-6)13(4,5)7-8-15/h8-9H,7H2,1-6H3,(H,14,17). The summed E-state index contributed by atoms with van der Waals surface area (Å²) < 4.78 is 9.74. The number of amides is 1. The second-order valence-corrected chi connectivity index (χ2v) is 5.96. The van der Waals surface area contributed by atoms with Crippen molar-refractivity contribution in [2.75, 3.05) is 7.11 Å². The highest BCUT2D eigenvalue weighted by Gasteiger charge is 2.38. The molecule has 0 aliphatic heterocycles. The molecule has 1 amide bonds. The van der Waals surface area contributed by atoms with Crippen LogP contribution in [0.2, 0.25) is 0 Å². The molecule has 0 aromatic carbocycles. The Balaban J connectivity index is 4.94. The quantitative estimate of drug-likeness (QED) is 0.608. The number of methoxy groups -OCH3 is 1. The van der Waals surface area contributed by atoms with E-state index < -0.39 is 29.1 Å². The third kappa shape index (κ3) is 6.22. The Labute approximate surface area is 113 Å². The highest BCUT2D eigenvalue weighted by Crippen LogP contribution is 2.25. The maximum Gasteiger partial charge on any atom is 0.408 e. The number of carbonyl (C=O) groups excluding carboxylic acids is 3. The van der Waals surface area contributed by atoms with Crippen molar-refractivity contribution >= 4 is 18.3 Å². The maximum absolute atomic E-state index is 11.7. The van der Waals surface area contributed by atoms with Crippen LogP contribution >= 0.6 is 0 Å². The van der Waals surface area contributed by atoms with Crippen molar-refractivity contribution in [1.82, 2.24) is 5.32 Å². The number of esters is 1. The van der Waals surface area contributed by atoms with Gasteiger partial charge in [-0.3, -0.25) is 0 Å². The highest BCUT2D eigenvalue weighted by molar-refractivity contribution is 5.82. The molecule has 0 radical (unpaired) electrons. The Morgan fingerprint density at radius 3 is 2.11 bits per heavy atom. The van der Waals surface area contributed by atoms with Crippen LogP contribution < -0.4 is 5.32 Å². The van der Waals surface area contributed by atoms with E-state index in [1.807, 2.05) is 0 Å². The Morgan fingerprint density at radius 1 is 1.21 bits per heavy atom. The van der Waals surface area contributed by atoms with Crippen molar-refractivity contribution in [3.8, 4) is 0 Å². The molecule has 0 fully saturated rings. The van der Waals surface area contributed by atoms with Gasteiger partial charge in [0.25, 0.3) is 0 Å². The van der Waals surface area contributed by atoms with Gasteiger partial charge in [-0.25, -0.2) is 9.59 Å². The second-order valence-electron chi connectivity index (χ2n) is 5.96. The van der Waals surface area contributed by atoms with E-state index in [1.165, 1.54) is 7.11 Å². The first-order chi connectivity index (χ1) is 8.53. The van der Waals surface area contributed by atoms with Gasteiger partial charge in [0, 0.05) is 11.8 Å². The molecule has 0 rings (SSSR count). The van der Waals surface area contributed by atoms with Crippen molar-refractivity contribution in [2.24, 2.45) is 5.41 Å². The first-order valence-corrected chi connectivity index (χ1v) is 6.04. The molecule has 1 atom stereocenters. The topological polar surface area (TPSA) is 81.7 Å². The summed E-state index contributed by atoms with van der Waals surface area (Å²) in [5.41, 5.74) is -1.43. The molecule has 6 heteroatoms. The van der Waals surface area contributed by atoms with Gasteiger partial charge >= 0.3 is 12.1 Å². The SMILES string of the molecule is COC(=O)C(NC(=O)OC(C)(C)C)C(C)(C)CC=O. The molecule has 19 heavy (non-hydrogen) atoms. The molecule has 0 spiro atoms. The van der Waals surface area contributed by atoms with Crippen molar-refractivity contribution in [1.29, 1.82) is 0 Å². The van der Waals surface area contributed by atoms with E-state index in [-0.39, 0.29) is 6.42 Å². The fourth-order valence-corrected chi connectivity index (χ4v) is 1.45. The number of aldehydes is 1. The van der Waals surface area contributed by atoms with Gasteiger partial charge in [0.1, 0.15) is 17.9 Å². The lowest BCUT2D eigenvalue weighted by Crippen LogP contribution is -2.52. The normalized spacial score (nSPS) is 13.4. The number of hydrogen-bond donors (Lipinski definition) is 1. The lowest BCUT2D eigenvalue weighted by atomic mass is 9.81. The summed E-state index contributed by atoms with van der Waals surface area (Å²) in [4.78, 5) is 34.1. The lowest BCUT2D eigenvalue weighted by molar-refractivity contribution is -0.146. The van der Waals surface area contributed by atoms with Gasteiger partial charge < -0.3 is 19.6 Å². The van der Waals surface area contributed by atoms with Gasteiger partial charge in [-0.15, -0.1) is 0 Å². The van der Waals surface area contributed by atoms with Gasteiger partial charge in [0.05, 0.1) is 7.11 Å². The highest BCUT2D eigenvalue weighted by atomic mass is 16.6. The zero-order chi connectivity index (χ0) is 15.3. The van der Waals surface area contributed by atoms with Crippen LogP contribution in [0.15, 0.2) is 0 Å². The Bertz CT molecular complexity index is 343. The minimum atomic E-state index is -0.947. The lowest BCUT2D eigenvalue weighted by Gasteiger charge is -2.32. The average molecular weight is 273 g/mol. The van der Waals surface area contributed by atoms with E-state index >= 15 is 0 Å². The fourth-order valence-electron chi connectivity index (χ4n) is 1.45. The molecule has 0 heterocycles. The molecule has 0 saturated carbocycles. The number of carbonyl (C=O) groups is 3. The molecule has 1 N–H and O–H groups in total. The van der Waals surface area contributed by atoms with Gasteiger partial charge in [0.15, 0.2) is 0 Å². The van der Waals surface area contributed by atoms with Crippen LogP contribution in [0.1, 0.15) is 41.0 Å². The molecular weight excluding hydrogens is 250 g/mol. The molecule has 0 bridgehead atoms. The summed E-state index contributed by atoms with van der Waals surface area (Å²) in [6.45, 7) is 8.55. The number of alkyl carbamates (subject to hydrolysis) is 1. The van der Waals surface area contributed by atoms with E-state index in [4.69, 9.17) is 4.74 Å². The summed E-state index contributed by atoms with van der Waals surface area (Å²) in [6, 6.07) is -0.947. The van der Waals surface area contributed by atoms with E-state index in [0.717, 1.165) is 0 Å². The smallest absolute Gasteiger partial charge is 0.408 e. The number of hydrogen-bond acceptors (Lipinski definition) is 5. The summed E-state index contributed by atoms with van der Waals surface area (Å²) in [5, 5.41) is 2.45. The number of nitrogens with one attached hydrogen (secondary N) is 1. The van der Waals surface area contributed by atoms with Crippen LogP contribution in [0.3, 0.4) is 0 Å². The molecule has 0 aliphatic carbocycles. The van der Waals surface area contributed by atoms with Crippen molar-refractivity contribution in [3.05, 3.63) is 0 Å². The van der Waals surface area contributed by atoms with Crippen molar-refractivity contribution in [3.63, 3.8) is 0 Å². The number of ether oxygens (including phenoxy) is 2. The van der Waals surface area contributed by atoms with E-state index in [2.05, 4.69) is 10.1 Å². The first-order valence-electron chi connectivity index (χ1n) is 6.04. The summed E-state index contributed by atoms with van der Waals surface area (Å²) in [7, 11) is 1.23. The van der Waals surface area contributed by atoms with Crippen LogP contribution in [0, 0.1) is 5.41 Å². The predicted molar refractivity (Wildman–Crippen MR) is 69.6 cm³/mol. The molecular formula is C13H23NO5. The van der Waals surface area contributed by atoms with Crippen LogP contribution in [-0.2, 0) is 19.1 Å². The third-order valence-corrected chi connectivity index (χ3v) is 2.49. The van der Waals surface area contributed by atoms with E-state index in [1.54, 1.807) is 34.6 Å². The molecule has 0 aliphatic rings. The predicted octanol–water partition coefficient (Wildman–Crippen LogP) is 1.67. The van der Waals surface area contributed by atoms with Gasteiger partial charge in [0.2, 0.25) is 0 Å². The molecule has 0 aromatic heterocycles. The summed E-state index contributed by atoms with van der Waals surface area (Å²) in [6.07, 6.45) is 0.0943. The monoisotopic (exact) mass is 273 g/mol.